The number of likely N-dealkylation sites (tertiary alicyclic amines) is 1. The van der Waals surface area contributed by atoms with Crippen LogP contribution in [0, 0.1) is 11.8 Å². The van der Waals surface area contributed by atoms with Gasteiger partial charge in [0.15, 0.2) is 0 Å². The Morgan fingerprint density at radius 1 is 1.20 bits per heavy atom. The summed E-state index contributed by atoms with van der Waals surface area (Å²) in [4.78, 5) is 2.67. The van der Waals surface area contributed by atoms with Gasteiger partial charge in [0, 0.05) is 25.2 Å². The van der Waals surface area contributed by atoms with Crippen LogP contribution < -0.4 is 5.32 Å². The minimum Gasteiger partial charge on any atom is -0.312 e. The van der Waals surface area contributed by atoms with Crippen molar-refractivity contribution in [3.05, 3.63) is 0 Å². The lowest BCUT2D eigenvalue weighted by molar-refractivity contribution is 0.233. The average molecular weight is 210 g/mol. The van der Waals surface area contributed by atoms with E-state index in [2.05, 4.69) is 31.0 Å². The summed E-state index contributed by atoms with van der Waals surface area (Å²) in [6, 6.07) is 1.59. The van der Waals surface area contributed by atoms with Gasteiger partial charge in [0.1, 0.15) is 0 Å². The Bertz CT molecular complexity index is 199. The Hall–Kier alpha value is -0.0800. The van der Waals surface area contributed by atoms with E-state index in [1.807, 2.05) is 0 Å². The first-order valence-electron chi connectivity index (χ1n) is 6.64. The molecule has 2 rings (SSSR count). The smallest absolute Gasteiger partial charge is 0.0192 e. The van der Waals surface area contributed by atoms with E-state index in [1.165, 1.54) is 38.9 Å². The topological polar surface area (TPSA) is 15.3 Å². The zero-order valence-electron chi connectivity index (χ0n) is 10.5. The minimum atomic E-state index is 0.731. The van der Waals surface area contributed by atoms with Crippen molar-refractivity contribution in [1.82, 2.24) is 10.2 Å². The van der Waals surface area contributed by atoms with Crippen LogP contribution in [0.3, 0.4) is 0 Å². The second-order valence-electron chi connectivity index (χ2n) is 5.82. The van der Waals surface area contributed by atoms with Crippen LogP contribution in [0.5, 0.6) is 0 Å². The maximum atomic E-state index is 3.64. The van der Waals surface area contributed by atoms with Gasteiger partial charge in [-0.3, -0.25) is 4.90 Å². The van der Waals surface area contributed by atoms with Gasteiger partial charge in [0.05, 0.1) is 0 Å². The summed E-state index contributed by atoms with van der Waals surface area (Å²) < 4.78 is 0. The van der Waals surface area contributed by atoms with Gasteiger partial charge in [-0.05, 0) is 44.6 Å². The molecule has 0 aromatic heterocycles. The zero-order valence-corrected chi connectivity index (χ0v) is 10.5. The largest absolute Gasteiger partial charge is 0.312 e. The van der Waals surface area contributed by atoms with Gasteiger partial charge in [-0.1, -0.05) is 13.8 Å². The van der Waals surface area contributed by atoms with Crippen LogP contribution in [0.15, 0.2) is 0 Å². The first-order valence-corrected chi connectivity index (χ1v) is 6.64. The third-order valence-electron chi connectivity index (χ3n) is 4.10. The Morgan fingerprint density at radius 3 is 2.47 bits per heavy atom. The lowest BCUT2D eigenvalue weighted by Crippen LogP contribution is -2.39. The summed E-state index contributed by atoms with van der Waals surface area (Å²) in [6.07, 6.45) is 4.22. The second-order valence-corrected chi connectivity index (χ2v) is 5.82. The van der Waals surface area contributed by atoms with E-state index >= 15 is 0 Å². The highest BCUT2D eigenvalue weighted by molar-refractivity contribution is 4.86. The molecule has 1 saturated carbocycles. The quantitative estimate of drug-likeness (QED) is 0.747. The van der Waals surface area contributed by atoms with Crippen molar-refractivity contribution >= 4 is 0 Å². The second kappa shape index (κ2) is 4.84. The Kier molecular flexibility index (Phi) is 3.68. The SMILES string of the molecule is CC(C)C1CCN(C(C)CNC2CC2)C1. The zero-order chi connectivity index (χ0) is 10.8. The molecular weight excluding hydrogens is 184 g/mol. The molecule has 2 fully saturated rings. The van der Waals surface area contributed by atoms with Crippen LogP contribution >= 0.6 is 0 Å². The predicted molar refractivity (Wildman–Crippen MR) is 65.0 cm³/mol. The van der Waals surface area contributed by atoms with Crippen LogP contribution in [-0.2, 0) is 0 Å². The number of hydrogen-bond acceptors (Lipinski definition) is 2. The van der Waals surface area contributed by atoms with E-state index in [4.69, 9.17) is 0 Å². The Balaban J connectivity index is 1.69. The molecule has 0 radical (unpaired) electrons. The first-order chi connectivity index (χ1) is 7.16. The van der Waals surface area contributed by atoms with Gasteiger partial charge < -0.3 is 5.32 Å². The summed E-state index contributed by atoms with van der Waals surface area (Å²) in [5, 5.41) is 3.64. The van der Waals surface area contributed by atoms with E-state index in [-0.39, 0.29) is 0 Å². The molecule has 1 N–H and O–H groups in total. The average Bonchev–Trinajstić information content (AvgIpc) is 2.88. The van der Waals surface area contributed by atoms with Crippen LogP contribution in [-0.4, -0.2) is 36.6 Å². The van der Waals surface area contributed by atoms with Crippen molar-refractivity contribution in [3.63, 3.8) is 0 Å². The molecule has 0 aromatic carbocycles. The standard InChI is InChI=1S/C13H26N2/c1-10(2)12-6-7-15(9-12)11(3)8-14-13-4-5-13/h10-14H,4-9H2,1-3H3. The fourth-order valence-corrected chi connectivity index (χ4v) is 2.51. The number of rotatable bonds is 5. The van der Waals surface area contributed by atoms with Crippen LogP contribution in [0.1, 0.15) is 40.0 Å². The Morgan fingerprint density at radius 2 is 1.93 bits per heavy atom. The van der Waals surface area contributed by atoms with Crippen LogP contribution in [0.2, 0.25) is 0 Å². The highest BCUT2D eigenvalue weighted by atomic mass is 15.2. The fourth-order valence-electron chi connectivity index (χ4n) is 2.51. The summed E-state index contributed by atoms with van der Waals surface area (Å²) in [5.41, 5.74) is 0. The van der Waals surface area contributed by atoms with Gasteiger partial charge in [-0.2, -0.15) is 0 Å². The molecule has 0 bridgehead atoms. The van der Waals surface area contributed by atoms with E-state index in [0.29, 0.717) is 0 Å². The molecule has 1 saturated heterocycles. The third kappa shape index (κ3) is 3.18. The van der Waals surface area contributed by atoms with Crippen molar-refractivity contribution in [3.8, 4) is 0 Å². The molecule has 15 heavy (non-hydrogen) atoms. The molecule has 0 amide bonds. The fraction of sp³-hybridized carbons (Fsp3) is 1.00. The number of nitrogens with zero attached hydrogens (tertiary/aromatic N) is 1. The van der Waals surface area contributed by atoms with Gasteiger partial charge in [0.25, 0.3) is 0 Å². The molecule has 2 atom stereocenters. The van der Waals surface area contributed by atoms with E-state index < -0.39 is 0 Å². The van der Waals surface area contributed by atoms with Crippen LogP contribution in [0.4, 0.5) is 0 Å². The number of hydrogen-bond donors (Lipinski definition) is 1. The van der Waals surface area contributed by atoms with Crippen molar-refractivity contribution in [1.29, 1.82) is 0 Å². The van der Waals surface area contributed by atoms with Crippen LogP contribution in [0.25, 0.3) is 0 Å². The highest BCUT2D eigenvalue weighted by Gasteiger charge is 2.28. The monoisotopic (exact) mass is 210 g/mol. The summed E-state index contributed by atoms with van der Waals surface area (Å²) in [5.74, 6) is 1.80. The first kappa shape index (κ1) is 11.4. The molecule has 88 valence electrons. The third-order valence-corrected chi connectivity index (χ3v) is 4.10. The van der Waals surface area contributed by atoms with E-state index in [9.17, 15) is 0 Å². The maximum Gasteiger partial charge on any atom is 0.0192 e. The molecule has 1 heterocycles. The highest BCUT2D eigenvalue weighted by Crippen LogP contribution is 2.25. The molecule has 2 nitrogen and oxygen atoms in total. The van der Waals surface area contributed by atoms with Gasteiger partial charge in [0.2, 0.25) is 0 Å². The summed E-state index contributed by atoms with van der Waals surface area (Å²) in [7, 11) is 0. The maximum absolute atomic E-state index is 3.64. The van der Waals surface area contributed by atoms with Crippen molar-refractivity contribution in [2.24, 2.45) is 11.8 Å². The molecule has 2 aliphatic rings. The molecule has 2 unspecified atom stereocenters. The van der Waals surface area contributed by atoms with Gasteiger partial charge in [-0.15, -0.1) is 0 Å². The lowest BCUT2D eigenvalue weighted by atomic mass is 9.95. The van der Waals surface area contributed by atoms with Gasteiger partial charge >= 0.3 is 0 Å². The minimum absolute atomic E-state index is 0.731. The van der Waals surface area contributed by atoms with Crippen molar-refractivity contribution in [2.45, 2.75) is 52.1 Å². The number of nitrogens with one attached hydrogen (secondary N) is 1. The van der Waals surface area contributed by atoms with E-state index in [0.717, 1.165) is 23.9 Å². The molecule has 0 spiro atoms. The molecule has 1 aliphatic heterocycles. The lowest BCUT2D eigenvalue weighted by Gasteiger charge is -2.25. The molecular formula is C13H26N2. The van der Waals surface area contributed by atoms with Crippen molar-refractivity contribution < 1.29 is 0 Å². The predicted octanol–water partition coefficient (Wildman–Crippen LogP) is 2.10. The van der Waals surface area contributed by atoms with Gasteiger partial charge in [-0.25, -0.2) is 0 Å². The summed E-state index contributed by atoms with van der Waals surface area (Å²) >= 11 is 0. The van der Waals surface area contributed by atoms with Crippen molar-refractivity contribution in [2.75, 3.05) is 19.6 Å². The van der Waals surface area contributed by atoms with E-state index in [1.54, 1.807) is 0 Å². The normalized spacial score (nSPS) is 30.0. The molecule has 1 aliphatic carbocycles. The summed E-state index contributed by atoms with van der Waals surface area (Å²) in [6.45, 7) is 10.9. The molecule has 2 heteroatoms. The Labute approximate surface area is 94.4 Å². The molecule has 0 aromatic rings.